The molecule has 0 aromatic heterocycles. The van der Waals surface area contributed by atoms with E-state index in [1.165, 1.54) is 11.8 Å². The summed E-state index contributed by atoms with van der Waals surface area (Å²) in [4.78, 5) is 15.1. The predicted molar refractivity (Wildman–Crippen MR) is 80.9 cm³/mol. The van der Waals surface area contributed by atoms with Gasteiger partial charge in [0.2, 0.25) is 5.91 Å². The van der Waals surface area contributed by atoms with Crippen LogP contribution in [-0.4, -0.2) is 40.1 Å². The maximum atomic E-state index is 12.7. The van der Waals surface area contributed by atoms with Gasteiger partial charge in [-0.3, -0.25) is 4.79 Å². The van der Waals surface area contributed by atoms with E-state index in [1.54, 1.807) is 17.0 Å². The van der Waals surface area contributed by atoms with Gasteiger partial charge in [-0.25, -0.2) is 0 Å². The number of nitrogens with zero attached hydrogens (tertiary/aromatic N) is 1. The lowest BCUT2D eigenvalue weighted by Crippen LogP contribution is -2.50. The van der Waals surface area contributed by atoms with Gasteiger partial charge in [0, 0.05) is 10.6 Å². The Morgan fingerprint density at radius 3 is 2.80 bits per heavy atom. The van der Waals surface area contributed by atoms with Gasteiger partial charge in [-0.2, -0.15) is 0 Å². The third kappa shape index (κ3) is 2.63. The van der Waals surface area contributed by atoms with Crippen LogP contribution in [0.2, 0.25) is 0 Å². The molecular weight excluding hydrogens is 276 g/mol. The highest BCUT2D eigenvalue weighted by Crippen LogP contribution is 2.47. The molecule has 2 atom stereocenters. The van der Waals surface area contributed by atoms with Crippen LogP contribution in [0.5, 0.6) is 0 Å². The molecule has 0 spiro atoms. The molecule has 0 saturated heterocycles. The van der Waals surface area contributed by atoms with Gasteiger partial charge in [-0.15, -0.1) is 11.8 Å². The fourth-order valence-corrected chi connectivity index (χ4v) is 3.49. The average molecular weight is 296 g/mol. The highest BCUT2D eigenvalue weighted by atomic mass is 32.2. The molecule has 2 unspecified atom stereocenters. The molecule has 110 valence electrons. The number of rotatable bonds is 4. The molecule has 0 saturated carbocycles. The third-order valence-corrected chi connectivity index (χ3v) is 5.05. The standard InChI is InChI=1S/C14H20N2O3S/c1-3-14(2)13(19)16(7-10(18)8-17)11-5-4-9(15)6-12(11)20-14/h4-6,10,17-18H,3,7-8,15H2,1-2H3. The summed E-state index contributed by atoms with van der Waals surface area (Å²) in [5.74, 6) is -0.0465. The SMILES string of the molecule is CCC1(C)Sc2cc(N)ccc2N(CC(O)CO)C1=O. The number of carbonyl (C=O) groups excluding carboxylic acids is 1. The van der Waals surface area contributed by atoms with Crippen molar-refractivity contribution in [3.63, 3.8) is 0 Å². The van der Waals surface area contributed by atoms with Crippen molar-refractivity contribution in [2.45, 2.75) is 36.0 Å². The molecule has 0 fully saturated rings. The minimum absolute atomic E-state index is 0.0465. The molecular formula is C14H20N2O3S. The van der Waals surface area contributed by atoms with Crippen LogP contribution < -0.4 is 10.6 Å². The van der Waals surface area contributed by atoms with E-state index >= 15 is 0 Å². The molecule has 0 radical (unpaired) electrons. The molecule has 1 aromatic carbocycles. The molecule has 1 aliphatic rings. The highest BCUT2D eigenvalue weighted by Gasteiger charge is 2.42. The molecule has 1 amide bonds. The lowest BCUT2D eigenvalue weighted by atomic mass is 10.0. The van der Waals surface area contributed by atoms with E-state index in [0.29, 0.717) is 12.1 Å². The van der Waals surface area contributed by atoms with E-state index < -0.39 is 10.9 Å². The number of aliphatic hydroxyl groups excluding tert-OH is 2. The van der Waals surface area contributed by atoms with E-state index in [1.807, 2.05) is 19.9 Å². The first kappa shape index (κ1) is 15.2. The molecule has 1 aliphatic heterocycles. The van der Waals surface area contributed by atoms with Crippen LogP contribution in [0, 0.1) is 0 Å². The average Bonchev–Trinajstić information content (AvgIpc) is 2.43. The van der Waals surface area contributed by atoms with Crippen molar-refractivity contribution in [3.8, 4) is 0 Å². The van der Waals surface area contributed by atoms with Gasteiger partial charge in [-0.05, 0) is 31.5 Å². The first-order chi connectivity index (χ1) is 9.41. The number of amides is 1. The van der Waals surface area contributed by atoms with Crippen molar-refractivity contribution in [3.05, 3.63) is 18.2 Å². The van der Waals surface area contributed by atoms with Crippen molar-refractivity contribution in [2.24, 2.45) is 0 Å². The zero-order valence-corrected chi connectivity index (χ0v) is 12.5. The topological polar surface area (TPSA) is 86.8 Å². The number of benzene rings is 1. The number of β-amino-alcohol motifs (C(OH)–C–C–N with tert-alkyl or cyclic N) is 1. The Morgan fingerprint density at radius 1 is 1.50 bits per heavy atom. The van der Waals surface area contributed by atoms with Gasteiger partial charge in [0.05, 0.1) is 29.7 Å². The summed E-state index contributed by atoms with van der Waals surface area (Å²) in [5, 5.41) is 18.7. The summed E-state index contributed by atoms with van der Waals surface area (Å²) in [7, 11) is 0. The largest absolute Gasteiger partial charge is 0.399 e. The van der Waals surface area contributed by atoms with Crippen molar-refractivity contribution >= 4 is 29.0 Å². The van der Waals surface area contributed by atoms with E-state index in [2.05, 4.69) is 0 Å². The van der Waals surface area contributed by atoms with Crippen LogP contribution in [0.1, 0.15) is 20.3 Å². The van der Waals surface area contributed by atoms with Gasteiger partial charge in [-0.1, -0.05) is 6.92 Å². The van der Waals surface area contributed by atoms with Crippen LogP contribution in [0.4, 0.5) is 11.4 Å². The number of hydrogen-bond donors (Lipinski definition) is 3. The smallest absolute Gasteiger partial charge is 0.243 e. The predicted octanol–water partition coefficient (Wildman–Crippen LogP) is 1.23. The Morgan fingerprint density at radius 2 is 2.20 bits per heavy atom. The summed E-state index contributed by atoms with van der Waals surface area (Å²) in [5.41, 5.74) is 7.20. The summed E-state index contributed by atoms with van der Waals surface area (Å²) in [6, 6.07) is 5.37. The van der Waals surface area contributed by atoms with Gasteiger partial charge >= 0.3 is 0 Å². The maximum Gasteiger partial charge on any atom is 0.243 e. The minimum atomic E-state index is -0.950. The van der Waals surface area contributed by atoms with Crippen LogP contribution in [0.15, 0.2) is 23.1 Å². The lowest BCUT2D eigenvalue weighted by molar-refractivity contribution is -0.121. The Labute approximate surface area is 122 Å². The quantitative estimate of drug-likeness (QED) is 0.728. The first-order valence-electron chi connectivity index (χ1n) is 6.60. The second kappa shape index (κ2) is 5.63. The molecule has 0 bridgehead atoms. The molecule has 0 aliphatic carbocycles. The minimum Gasteiger partial charge on any atom is -0.399 e. The Balaban J connectivity index is 2.45. The van der Waals surface area contributed by atoms with E-state index in [0.717, 1.165) is 10.6 Å². The number of aliphatic hydroxyl groups is 2. The van der Waals surface area contributed by atoms with Crippen molar-refractivity contribution in [1.82, 2.24) is 0 Å². The van der Waals surface area contributed by atoms with Gasteiger partial charge in [0.25, 0.3) is 0 Å². The Kier molecular flexibility index (Phi) is 4.27. The molecule has 6 heteroatoms. The normalized spacial score (nSPS) is 23.6. The summed E-state index contributed by atoms with van der Waals surface area (Å²) in [6.07, 6.45) is -0.273. The van der Waals surface area contributed by atoms with Gasteiger partial charge in [0.1, 0.15) is 0 Å². The third-order valence-electron chi connectivity index (χ3n) is 3.59. The molecule has 5 nitrogen and oxygen atoms in total. The van der Waals surface area contributed by atoms with Crippen LogP contribution in [0.3, 0.4) is 0 Å². The monoisotopic (exact) mass is 296 g/mol. The molecule has 20 heavy (non-hydrogen) atoms. The lowest BCUT2D eigenvalue weighted by Gasteiger charge is -2.40. The summed E-state index contributed by atoms with van der Waals surface area (Å²) < 4.78 is -0.573. The number of thioether (sulfide) groups is 1. The Hall–Kier alpha value is -1.24. The van der Waals surface area contributed by atoms with E-state index in [4.69, 9.17) is 10.8 Å². The second-order valence-electron chi connectivity index (χ2n) is 5.17. The number of carbonyl (C=O) groups is 1. The number of fused-ring (bicyclic) bond motifs is 1. The fraction of sp³-hybridized carbons (Fsp3) is 0.500. The Bertz CT molecular complexity index is 523. The van der Waals surface area contributed by atoms with Crippen LogP contribution in [-0.2, 0) is 4.79 Å². The summed E-state index contributed by atoms with van der Waals surface area (Å²) in [6.45, 7) is 3.57. The highest BCUT2D eigenvalue weighted by molar-refractivity contribution is 8.01. The zero-order chi connectivity index (χ0) is 14.9. The number of nitrogen functional groups attached to an aromatic ring is 1. The number of hydrogen-bond acceptors (Lipinski definition) is 5. The fourth-order valence-electron chi connectivity index (χ4n) is 2.19. The first-order valence-corrected chi connectivity index (χ1v) is 7.42. The van der Waals surface area contributed by atoms with Crippen LogP contribution in [0.25, 0.3) is 0 Å². The number of anilines is 2. The van der Waals surface area contributed by atoms with Crippen LogP contribution >= 0.6 is 11.8 Å². The van der Waals surface area contributed by atoms with Gasteiger partial charge in [0.15, 0.2) is 0 Å². The number of nitrogens with two attached hydrogens (primary N) is 1. The second-order valence-corrected chi connectivity index (χ2v) is 6.71. The molecule has 2 rings (SSSR count). The van der Waals surface area contributed by atoms with Crippen molar-refractivity contribution in [1.29, 1.82) is 0 Å². The molecule has 1 aromatic rings. The van der Waals surface area contributed by atoms with E-state index in [-0.39, 0.29) is 19.1 Å². The van der Waals surface area contributed by atoms with E-state index in [9.17, 15) is 9.90 Å². The summed E-state index contributed by atoms with van der Waals surface area (Å²) >= 11 is 1.50. The zero-order valence-electron chi connectivity index (χ0n) is 11.7. The van der Waals surface area contributed by atoms with Gasteiger partial charge < -0.3 is 20.8 Å². The van der Waals surface area contributed by atoms with Crippen molar-refractivity contribution < 1.29 is 15.0 Å². The van der Waals surface area contributed by atoms with Crippen molar-refractivity contribution in [2.75, 3.05) is 23.8 Å². The molecule has 4 N–H and O–H groups in total. The maximum absolute atomic E-state index is 12.7. The molecule has 1 heterocycles.